The molecule has 2 heterocycles. The van der Waals surface area contributed by atoms with E-state index in [1.54, 1.807) is 0 Å². The van der Waals surface area contributed by atoms with Crippen molar-refractivity contribution in [1.82, 2.24) is 14.8 Å². The van der Waals surface area contributed by atoms with Gasteiger partial charge in [0.05, 0.1) is 6.67 Å². The highest BCUT2D eigenvalue weighted by molar-refractivity contribution is 5.07. The summed E-state index contributed by atoms with van der Waals surface area (Å²) < 4.78 is 2.42. The third-order valence-corrected chi connectivity index (χ3v) is 3.52. The Labute approximate surface area is 105 Å². The first kappa shape index (κ1) is 12.7. The zero-order chi connectivity index (χ0) is 11.9. The van der Waals surface area contributed by atoms with Gasteiger partial charge in [0.1, 0.15) is 0 Å². The summed E-state index contributed by atoms with van der Waals surface area (Å²) in [5.41, 5.74) is 1.50. The predicted octanol–water partition coefficient (Wildman–Crippen LogP) is 2.08. The van der Waals surface area contributed by atoms with Crippen LogP contribution in [0.5, 0.6) is 0 Å². The van der Waals surface area contributed by atoms with Gasteiger partial charge in [-0.25, -0.2) is 0 Å². The summed E-state index contributed by atoms with van der Waals surface area (Å²) in [6, 6.07) is 4.46. The lowest BCUT2D eigenvalue weighted by atomic mass is 10.1. The Bertz CT molecular complexity index is 313. The van der Waals surface area contributed by atoms with Gasteiger partial charge in [0.25, 0.3) is 0 Å². The number of hydrogen-bond acceptors (Lipinski definition) is 2. The number of nitrogens with zero attached hydrogens (tertiary/aromatic N) is 2. The zero-order valence-corrected chi connectivity index (χ0v) is 11.0. The summed E-state index contributed by atoms with van der Waals surface area (Å²) in [7, 11) is 0. The highest BCUT2D eigenvalue weighted by Gasteiger charge is 2.10. The number of unbranched alkanes of at least 4 members (excludes halogenated alkanes) is 2. The third kappa shape index (κ3) is 3.86. The quantitative estimate of drug-likeness (QED) is 0.762. The molecule has 1 aliphatic rings. The van der Waals surface area contributed by atoms with Crippen molar-refractivity contribution in [2.24, 2.45) is 0 Å². The third-order valence-electron chi connectivity index (χ3n) is 3.52. The van der Waals surface area contributed by atoms with Gasteiger partial charge in [-0.3, -0.25) is 4.90 Å². The molecule has 3 heteroatoms. The lowest BCUT2D eigenvalue weighted by molar-refractivity contribution is 0.191. The minimum Gasteiger partial charge on any atom is -0.338 e. The van der Waals surface area contributed by atoms with Gasteiger partial charge in [-0.2, -0.15) is 0 Å². The predicted molar refractivity (Wildman–Crippen MR) is 72.1 cm³/mol. The van der Waals surface area contributed by atoms with Crippen LogP contribution in [-0.2, 0) is 13.1 Å². The number of rotatable bonds is 6. The molecule has 17 heavy (non-hydrogen) atoms. The summed E-state index contributed by atoms with van der Waals surface area (Å²) in [4.78, 5) is 2.53. The maximum absolute atomic E-state index is 3.40. The van der Waals surface area contributed by atoms with Gasteiger partial charge < -0.3 is 9.88 Å². The standard InChI is InChI=1S/C14H25N3/c1-2-3-4-6-14-7-5-10-17(14)13-16-11-8-15-9-12-16/h5,7,10,15H,2-4,6,8-9,11-13H2,1H3. The molecule has 0 radical (unpaired) electrons. The fourth-order valence-corrected chi connectivity index (χ4v) is 2.44. The van der Waals surface area contributed by atoms with Gasteiger partial charge in [0.2, 0.25) is 0 Å². The van der Waals surface area contributed by atoms with E-state index in [0.717, 1.165) is 19.8 Å². The van der Waals surface area contributed by atoms with Crippen molar-refractivity contribution >= 4 is 0 Å². The summed E-state index contributed by atoms with van der Waals surface area (Å²) in [5.74, 6) is 0. The molecule has 1 saturated heterocycles. The second-order valence-electron chi connectivity index (χ2n) is 4.94. The lowest BCUT2D eigenvalue weighted by Crippen LogP contribution is -2.44. The SMILES string of the molecule is CCCCCc1cccn1CN1CCNCC1. The Morgan fingerprint density at radius 2 is 2.06 bits per heavy atom. The molecule has 1 fully saturated rings. The van der Waals surface area contributed by atoms with Crippen LogP contribution in [-0.4, -0.2) is 35.6 Å². The van der Waals surface area contributed by atoms with E-state index in [0.29, 0.717) is 0 Å². The van der Waals surface area contributed by atoms with Crippen LogP contribution in [0, 0.1) is 0 Å². The molecule has 2 rings (SSSR count). The van der Waals surface area contributed by atoms with Gasteiger partial charge in [-0.05, 0) is 25.0 Å². The lowest BCUT2D eigenvalue weighted by Gasteiger charge is -2.28. The largest absolute Gasteiger partial charge is 0.338 e. The number of piperazine rings is 1. The Hall–Kier alpha value is -0.800. The second kappa shape index (κ2) is 6.82. The Kier molecular flexibility index (Phi) is 5.08. The molecule has 0 bridgehead atoms. The van der Waals surface area contributed by atoms with Crippen molar-refractivity contribution in [3.05, 3.63) is 24.0 Å². The van der Waals surface area contributed by atoms with E-state index in [1.165, 1.54) is 44.5 Å². The van der Waals surface area contributed by atoms with Crippen LogP contribution in [0.25, 0.3) is 0 Å². The van der Waals surface area contributed by atoms with Crippen molar-refractivity contribution < 1.29 is 0 Å². The smallest absolute Gasteiger partial charge is 0.0748 e. The minimum absolute atomic E-state index is 1.07. The number of aromatic nitrogens is 1. The molecule has 96 valence electrons. The van der Waals surface area contributed by atoms with E-state index in [-0.39, 0.29) is 0 Å². The van der Waals surface area contributed by atoms with E-state index in [1.807, 2.05) is 0 Å². The highest BCUT2D eigenvalue weighted by atomic mass is 15.3. The molecule has 1 N–H and O–H groups in total. The van der Waals surface area contributed by atoms with Crippen LogP contribution in [0.15, 0.2) is 18.3 Å². The van der Waals surface area contributed by atoms with Crippen molar-refractivity contribution in [2.75, 3.05) is 26.2 Å². The van der Waals surface area contributed by atoms with Crippen LogP contribution in [0.3, 0.4) is 0 Å². The van der Waals surface area contributed by atoms with E-state index < -0.39 is 0 Å². The Morgan fingerprint density at radius 3 is 2.82 bits per heavy atom. The van der Waals surface area contributed by atoms with E-state index in [2.05, 4.69) is 40.0 Å². The Morgan fingerprint density at radius 1 is 1.24 bits per heavy atom. The minimum atomic E-state index is 1.07. The average Bonchev–Trinajstić information content (AvgIpc) is 2.79. The molecule has 0 unspecified atom stereocenters. The van der Waals surface area contributed by atoms with E-state index in [9.17, 15) is 0 Å². The zero-order valence-electron chi connectivity index (χ0n) is 11.0. The maximum atomic E-state index is 3.40. The molecule has 0 amide bonds. The maximum Gasteiger partial charge on any atom is 0.0748 e. The summed E-state index contributed by atoms with van der Waals surface area (Å²) in [6.45, 7) is 7.94. The van der Waals surface area contributed by atoms with E-state index in [4.69, 9.17) is 0 Å². The molecular formula is C14H25N3. The van der Waals surface area contributed by atoms with Crippen molar-refractivity contribution in [2.45, 2.75) is 39.3 Å². The topological polar surface area (TPSA) is 20.2 Å². The Balaban J connectivity index is 1.84. The summed E-state index contributed by atoms with van der Waals surface area (Å²) >= 11 is 0. The van der Waals surface area contributed by atoms with Crippen LogP contribution < -0.4 is 5.32 Å². The molecular weight excluding hydrogens is 210 g/mol. The normalized spacial score (nSPS) is 17.5. The van der Waals surface area contributed by atoms with Crippen molar-refractivity contribution in [3.63, 3.8) is 0 Å². The molecule has 0 spiro atoms. The first-order valence-electron chi connectivity index (χ1n) is 6.97. The highest BCUT2D eigenvalue weighted by Crippen LogP contribution is 2.09. The van der Waals surface area contributed by atoms with Crippen LogP contribution in [0.4, 0.5) is 0 Å². The van der Waals surface area contributed by atoms with Gasteiger partial charge in [-0.15, -0.1) is 0 Å². The molecule has 1 aliphatic heterocycles. The monoisotopic (exact) mass is 235 g/mol. The summed E-state index contributed by atoms with van der Waals surface area (Å²) in [5, 5.41) is 3.40. The first-order valence-corrected chi connectivity index (χ1v) is 6.97. The second-order valence-corrected chi connectivity index (χ2v) is 4.94. The molecule has 3 nitrogen and oxygen atoms in total. The van der Waals surface area contributed by atoms with Crippen molar-refractivity contribution in [1.29, 1.82) is 0 Å². The molecule has 0 saturated carbocycles. The van der Waals surface area contributed by atoms with Crippen molar-refractivity contribution in [3.8, 4) is 0 Å². The average molecular weight is 235 g/mol. The molecule has 1 aromatic heterocycles. The van der Waals surface area contributed by atoms with Gasteiger partial charge in [-0.1, -0.05) is 19.8 Å². The summed E-state index contributed by atoms with van der Waals surface area (Å²) in [6.07, 6.45) is 7.43. The molecule has 0 aromatic carbocycles. The van der Waals surface area contributed by atoms with Crippen LogP contribution in [0.2, 0.25) is 0 Å². The first-order chi connectivity index (χ1) is 8.40. The number of nitrogens with one attached hydrogen (secondary N) is 1. The number of hydrogen-bond donors (Lipinski definition) is 1. The van der Waals surface area contributed by atoms with Gasteiger partial charge in [0.15, 0.2) is 0 Å². The number of aryl methyl sites for hydroxylation is 1. The van der Waals surface area contributed by atoms with E-state index >= 15 is 0 Å². The fraction of sp³-hybridized carbons (Fsp3) is 0.714. The van der Waals surface area contributed by atoms with Crippen LogP contribution in [0.1, 0.15) is 31.9 Å². The van der Waals surface area contributed by atoms with Gasteiger partial charge in [0, 0.05) is 38.1 Å². The molecule has 1 aromatic rings. The fourth-order valence-electron chi connectivity index (χ4n) is 2.44. The molecule has 0 atom stereocenters. The molecule has 0 aliphatic carbocycles. The van der Waals surface area contributed by atoms with Crippen LogP contribution >= 0.6 is 0 Å². The van der Waals surface area contributed by atoms with Gasteiger partial charge >= 0.3 is 0 Å².